The molecule has 8 heteroatoms. The molecule has 6 nitrogen and oxygen atoms in total. The van der Waals surface area contributed by atoms with Crippen LogP contribution in [0.4, 0.5) is 0 Å². The summed E-state index contributed by atoms with van der Waals surface area (Å²) in [6.07, 6.45) is 8.22. The summed E-state index contributed by atoms with van der Waals surface area (Å²) in [4.78, 5) is 26.6. The predicted octanol–water partition coefficient (Wildman–Crippen LogP) is 3.85. The second kappa shape index (κ2) is 7.27. The van der Waals surface area contributed by atoms with Crippen molar-refractivity contribution < 1.29 is 19.4 Å². The van der Waals surface area contributed by atoms with Crippen molar-refractivity contribution in [3.8, 4) is 11.5 Å². The minimum absolute atomic E-state index is 0.00292. The first-order valence-corrected chi connectivity index (χ1v) is 11.6. The van der Waals surface area contributed by atoms with Crippen molar-refractivity contribution in [3.63, 3.8) is 0 Å². The average Bonchev–Trinajstić information content (AvgIpc) is 2.94. The molecule has 1 saturated heterocycles. The van der Waals surface area contributed by atoms with Crippen LogP contribution < -0.4 is 10.2 Å². The third-order valence-electron chi connectivity index (χ3n) is 7.03. The minimum atomic E-state index is -0.344. The predicted molar refractivity (Wildman–Crippen MR) is 118 cm³/mol. The van der Waals surface area contributed by atoms with E-state index in [9.17, 15) is 14.7 Å². The Labute approximate surface area is 185 Å². The molecule has 4 bridgehead atoms. The van der Waals surface area contributed by atoms with Crippen LogP contribution in [-0.4, -0.2) is 33.4 Å². The van der Waals surface area contributed by atoms with Gasteiger partial charge in [0.05, 0.1) is 17.4 Å². The number of phenols is 1. The summed E-state index contributed by atoms with van der Waals surface area (Å²) in [6, 6.07) is 4.91. The number of methoxy groups -OCH3 is 1. The maximum Gasteiger partial charge on any atom is 0.285 e. The number of hydrazine groups is 1. The molecule has 30 heavy (non-hydrogen) atoms. The van der Waals surface area contributed by atoms with Gasteiger partial charge in [0.15, 0.2) is 15.8 Å². The summed E-state index contributed by atoms with van der Waals surface area (Å²) in [6.45, 7) is 0. The molecular formula is C22H24N2O4S2. The third kappa shape index (κ3) is 3.30. The van der Waals surface area contributed by atoms with Gasteiger partial charge in [-0.2, -0.15) is 5.01 Å². The van der Waals surface area contributed by atoms with Gasteiger partial charge in [0.1, 0.15) is 0 Å². The molecule has 1 aromatic carbocycles. The van der Waals surface area contributed by atoms with Gasteiger partial charge in [-0.25, -0.2) is 0 Å². The second-order valence-electron chi connectivity index (χ2n) is 9.09. The fraction of sp³-hybridized carbons (Fsp3) is 0.500. The van der Waals surface area contributed by atoms with E-state index in [1.807, 2.05) is 0 Å². The van der Waals surface area contributed by atoms with Gasteiger partial charge in [0.25, 0.3) is 5.91 Å². The molecule has 6 rings (SSSR count). The number of phenolic OH excluding ortho intramolecular Hbond substituents is 1. The Balaban J connectivity index is 1.32. The largest absolute Gasteiger partial charge is 0.504 e. The van der Waals surface area contributed by atoms with Crippen molar-refractivity contribution in [2.75, 3.05) is 7.11 Å². The molecule has 1 heterocycles. The van der Waals surface area contributed by atoms with Crippen LogP contribution in [0, 0.1) is 23.2 Å². The quantitative estimate of drug-likeness (QED) is 0.543. The van der Waals surface area contributed by atoms with E-state index in [1.165, 1.54) is 37.4 Å². The van der Waals surface area contributed by atoms with Gasteiger partial charge in [-0.05, 0) is 92.3 Å². The van der Waals surface area contributed by atoms with E-state index in [2.05, 4.69) is 5.43 Å². The molecule has 0 atom stereocenters. The van der Waals surface area contributed by atoms with Crippen LogP contribution in [0.25, 0.3) is 6.08 Å². The number of aromatic hydroxyl groups is 1. The first-order chi connectivity index (χ1) is 14.4. The number of carbonyl (C=O) groups excluding carboxylic acids is 2. The molecule has 4 saturated carbocycles. The molecular weight excluding hydrogens is 420 g/mol. The van der Waals surface area contributed by atoms with Gasteiger partial charge < -0.3 is 9.84 Å². The van der Waals surface area contributed by atoms with Gasteiger partial charge >= 0.3 is 0 Å². The Kier molecular flexibility index (Phi) is 4.82. The Bertz CT molecular complexity index is 939. The zero-order valence-electron chi connectivity index (χ0n) is 16.7. The lowest BCUT2D eigenvalue weighted by Gasteiger charge is -2.55. The number of ether oxygens (including phenoxy) is 1. The molecule has 1 aromatic rings. The number of nitrogens with zero attached hydrogens (tertiary/aromatic N) is 1. The zero-order valence-corrected chi connectivity index (χ0v) is 18.4. The topological polar surface area (TPSA) is 78.9 Å². The summed E-state index contributed by atoms with van der Waals surface area (Å²) >= 11 is 6.53. The summed E-state index contributed by atoms with van der Waals surface area (Å²) in [5.41, 5.74) is 3.16. The second-order valence-corrected chi connectivity index (χ2v) is 10.8. The van der Waals surface area contributed by atoms with Gasteiger partial charge in [0.2, 0.25) is 5.91 Å². The molecule has 0 aromatic heterocycles. The van der Waals surface area contributed by atoms with E-state index in [0.717, 1.165) is 31.0 Å². The molecule has 5 aliphatic rings. The highest BCUT2D eigenvalue weighted by Gasteiger charge is 2.55. The van der Waals surface area contributed by atoms with Gasteiger partial charge in [-0.3, -0.25) is 15.0 Å². The SMILES string of the molecule is COc1ccc(C=C2SC(=S)N(NC(=O)C34CC5CC(CC(C5)C3)C4)C2=O)cc1O. The maximum atomic E-state index is 13.3. The highest BCUT2D eigenvalue weighted by atomic mass is 32.2. The lowest BCUT2D eigenvalue weighted by atomic mass is 9.49. The van der Waals surface area contributed by atoms with E-state index >= 15 is 0 Å². The number of hydrogen-bond donors (Lipinski definition) is 2. The Morgan fingerprint density at radius 1 is 1.27 bits per heavy atom. The Morgan fingerprint density at radius 2 is 1.90 bits per heavy atom. The number of rotatable bonds is 4. The smallest absolute Gasteiger partial charge is 0.285 e. The number of carbonyl (C=O) groups is 2. The monoisotopic (exact) mass is 444 g/mol. The highest BCUT2D eigenvalue weighted by Crippen LogP contribution is 2.60. The number of thioether (sulfide) groups is 1. The number of thiocarbonyl (C=S) groups is 1. The van der Waals surface area contributed by atoms with E-state index in [4.69, 9.17) is 17.0 Å². The molecule has 2 amide bonds. The average molecular weight is 445 g/mol. The molecule has 2 N–H and O–H groups in total. The Hall–Kier alpha value is -2.06. The van der Waals surface area contributed by atoms with Crippen LogP contribution in [0.15, 0.2) is 23.1 Å². The molecule has 158 valence electrons. The summed E-state index contributed by atoms with van der Waals surface area (Å²) in [5, 5.41) is 11.2. The minimum Gasteiger partial charge on any atom is -0.504 e. The first-order valence-electron chi connectivity index (χ1n) is 10.3. The molecule has 1 aliphatic heterocycles. The van der Waals surface area contributed by atoms with E-state index < -0.39 is 0 Å². The molecule has 0 spiro atoms. The van der Waals surface area contributed by atoms with Crippen LogP contribution in [0.3, 0.4) is 0 Å². The Morgan fingerprint density at radius 3 is 2.47 bits per heavy atom. The van der Waals surface area contributed by atoms with Crippen molar-refractivity contribution in [3.05, 3.63) is 28.7 Å². The van der Waals surface area contributed by atoms with Crippen LogP contribution in [0.5, 0.6) is 11.5 Å². The fourth-order valence-electron chi connectivity index (χ4n) is 6.12. The number of amides is 2. The third-order valence-corrected chi connectivity index (χ3v) is 8.33. The van der Waals surface area contributed by atoms with Gasteiger partial charge in [-0.1, -0.05) is 17.8 Å². The van der Waals surface area contributed by atoms with Crippen LogP contribution in [-0.2, 0) is 9.59 Å². The molecule has 4 aliphatic carbocycles. The van der Waals surface area contributed by atoms with Crippen molar-refractivity contribution in [1.82, 2.24) is 10.4 Å². The lowest BCUT2D eigenvalue weighted by molar-refractivity contribution is -0.152. The number of benzene rings is 1. The summed E-state index contributed by atoms with van der Waals surface area (Å²) in [7, 11) is 1.48. The summed E-state index contributed by atoms with van der Waals surface area (Å²) < 4.78 is 5.37. The first kappa shape index (κ1) is 19.9. The number of hydrogen-bond acceptors (Lipinski definition) is 6. The van der Waals surface area contributed by atoms with Crippen molar-refractivity contribution in [2.24, 2.45) is 23.2 Å². The molecule has 5 fully saturated rings. The fourth-order valence-corrected chi connectivity index (χ4v) is 7.30. The van der Waals surface area contributed by atoms with Crippen LogP contribution >= 0.6 is 24.0 Å². The molecule has 0 unspecified atom stereocenters. The van der Waals surface area contributed by atoms with E-state index in [0.29, 0.717) is 38.3 Å². The van der Waals surface area contributed by atoms with Gasteiger partial charge in [-0.15, -0.1) is 0 Å². The maximum absolute atomic E-state index is 13.3. The van der Waals surface area contributed by atoms with E-state index in [1.54, 1.807) is 18.2 Å². The van der Waals surface area contributed by atoms with Crippen molar-refractivity contribution >= 4 is 46.2 Å². The van der Waals surface area contributed by atoms with E-state index in [-0.39, 0.29) is 23.0 Å². The normalized spacial score (nSPS) is 33.4. The zero-order chi connectivity index (χ0) is 21.0. The number of nitrogens with one attached hydrogen (secondary N) is 1. The summed E-state index contributed by atoms with van der Waals surface area (Å²) in [5.74, 6) is 1.92. The van der Waals surface area contributed by atoms with Crippen LogP contribution in [0.1, 0.15) is 44.1 Å². The van der Waals surface area contributed by atoms with Gasteiger partial charge in [0, 0.05) is 0 Å². The van der Waals surface area contributed by atoms with Crippen molar-refractivity contribution in [1.29, 1.82) is 0 Å². The van der Waals surface area contributed by atoms with Crippen molar-refractivity contribution in [2.45, 2.75) is 38.5 Å². The van der Waals surface area contributed by atoms with Crippen LogP contribution in [0.2, 0.25) is 0 Å². The molecule has 0 radical (unpaired) electrons. The standard InChI is InChI=1S/C22H24N2O4S2/c1-28-17-3-2-12(7-16(17)25)8-18-19(26)24(21(29)30-18)23-20(27)22-9-13-4-14(10-22)6-15(5-13)11-22/h2-3,7-8,13-15,25H,4-6,9-11H2,1H3,(H,23,27). The highest BCUT2D eigenvalue weighted by molar-refractivity contribution is 8.26. The lowest BCUT2D eigenvalue weighted by Crippen LogP contribution is -2.57.